The highest BCUT2D eigenvalue weighted by Crippen LogP contribution is 2.33. The third-order valence-corrected chi connectivity index (χ3v) is 3.97. The largest absolute Gasteiger partial charge is 0.490 e. The quantitative estimate of drug-likeness (QED) is 0.932. The Morgan fingerprint density at radius 1 is 1.26 bits per heavy atom. The number of benzene rings is 1. The number of nitrogens with one attached hydrogen (secondary N) is 1. The van der Waals surface area contributed by atoms with Crippen LogP contribution in [0.5, 0.6) is 11.5 Å². The summed E-state index contributed by atoms with van der Waals surface area (Å²) in [6.07, 6.45) is 2.82. The van der Waals surface area contributed by atoms with E-state index in [2.05, 4.69) is 17.2 Å². The molecule has 0 amide bonds. The van der Waals surface area contributed by atoms with Gasteiger partial charge in [0.1, 0.15) is 0 Å². The lowest BCUT2D eigenvalue weighted by Crippen LogP contribution is -2.05. The maximum atomic E-state index is 5.69. The van der Waals surface area contributed by atoms with Gasteiger partial charge in [0.2, 0.25) is 0 Å². The highest BCUT2D eigenvalue weighted by molar-refractivity contribution is 7.09. The van der Waals surface area contributed by atoms with Gasteiger partial charge in [-0.3, -0.25) is 4.98 Å². The lowest BCUT2D eigenvalue weighted by Gasteiger charge is -2.15. The summed E-state index contributed by atoms with van der Waals surface area (Å²) in [7, 11) is 0. The third kappa shape index (κ3) is 2.81. The van der Waals surface area contributed by atoms with Gasteiger partial charge in [0.25, 0.3) is 0 Å². The van der Waals surface area contributed by atoms with Crippen molar-refractivity contribution in [2.75, 3.05) is 18.5 Å². The van der Waals surface area contributed by atoms with Crippen LogP contribution in [0.3, 0.4) is 0 Å². The van der Waals surface area contributed by atoms with E-state index in [1.807, 2.05) is 29.9 Å². The first-order valence-electron chi connectivity index (χ1n) is 6.37. The minimum Gasteiger partial charge on any atom is -0.490 e. The van der Waals surface area contributed by atoms with Crippen LogP contribution in [0.2, 0.25) is 0 Å². The fourth-order valence-corrected chi connectivity index (χ4v) is 2.64. The number of thiazole rings is 1. The number of aromatic nitrogens is 1. The number of hydrogen-bond donors (Lipinski definition) is 1. The second-order valence-electron chi connectivity index (χ2n) is 4.48. The van der Waals surface area contributed by atoms with E-state index in [1.54, 1.807) is 11.3 Å². The molecule has 0 saturated heterocycles. The lowest BCUT2D eigenvalue weighted by molar-refractivity contribution is 0.297. The van der Waals surface area contributed by atoms with Gasteiger partial charge in [0.15, 0.2) is 11.5 Å². The fourth-order valence-electron chi connectivity index (χ4n) is 2.01. The van der Waals surface area contributed by atoms with E-state index in [1.165, 1.54) is 4.88 Å². The van der Waals surface area contributed by atoms with E-state index < -0.39 is 0 Å². The van der Waals surface area contributed by atoms with E-state index in [4.69, 9.17) is 9.47 Å². The van der Waals surface area contributed by atoms with E-state index in [9.17, 15) is 0 Å². The van der Waals surface area contributed by atoms with Crippen LogP contribution in [0.1, 0.15) is 24.3 Å². The van der Waals surface area contributed by atoms with Gasteiger partial charge >= 0.3 is 0 Å². The summed E-state index contributed by atoms with van der Waals surface area (Å²) in [5.41, 5.74) is 2.88. The number of anilines is 1. The Morgan fingerprint density at radius 3 is 2.89 bits per heavy atom. The van der Waals surface area contributed by atoms with Crippen LogP contribution in [-0.4, -0.2) is 18.2 Å². The van der Waals surface area contributed by atoms with Gasteiger partial charge in [-0.05, 0) is 19.1 Å². The molecule has 0 fully saturated rings. The molecule has 100 valence electrons. The van der Waals surface area contributed by atoms with Crippen molar-refractivity contribution in [3.63, 3.8) is 0 Å². The molecule has 0 saturated carbocycles. The van der Waals surface area contributed by atoms with Crippen molar-refractivity contribution in [1.82, 2.24) is 4.98 Å². The molecular formula is C14H16N2O2S. The summed E-state index contributed by atoms with van der Waals surface area (Å²) < 4.78 is 11.3. The van der Waals surface area contributed by atoms with Crippen LogP contribution in [0.25, 0.3) is 0 Å². The van der Waals surface area contributed by atoms with Crippen molar-refractivity contribution in [3.05, 3.63) is 34.8 Å². The smallest absolute Gasteiger partial charge is 0.163 e. The zero-order valence-electron chi connectivity index (χ0n) is 10.8. The molecule has 1 unspecified atom stereocenters. The van der Waals surface area contributed by atoms with Crippen LogP contribution >= 0.6 is 11.3 Å². The molecule has 19 heavy (non-hydrogen) atoms. The van der Waals surface area contributed by atoms with Crippen molar-refractivity contribution in [2.45, 2.75) is 19.4 Å². The van der Waals surface area contributed by atoms with Crippen LogP contribution in [0, 0.1) is 0 Å². The monoisotopic (exact) mass is 276 g/mol. The van der Waals surface area contributed by atoms with Crippen molar-refractivity contribution in [3.8, 4) is 11.5 Å². The van der Waals surface area contributed by atoms with Crippen molar-refractivity contribution in [2.24, 2.45) is 0 Å². The molecule has 1 aromatic heterocycles. The molecule has 0 aliphatic carbocycles. The van der Waals surface area contributed by atoms with Crippen LogP contribution < -0.4 is 14.8 Å². The number of fused-ring (bicyclic) bond motifs is 1. The maximum Gasteiger partial charge on any atom is 0.163 e. The molecule has 0 bridgehead atoms. The molecule has 5 heteroatoms. The first-order valence-corrected chi connectivity index (χ1v) is 7.25. The molecular weight excluding hydrogens is 260 g/mol. The van der Waals surface area contributed by atoms with Crippen LogP contribution in [-0.2, 0) is 0 Å². The molecule has 2 heterocycles. The average molecular weight is 276 g/mol. The van der Waals surface area contributed by atoms with Gasteiger partial charge in [0.05, 0.1) is 24.8 Å². The molecule has 1 N–H and O–H groups in total. The van der Waals surface area contributed by atoms with Gasteiger partial charge in [-0.1, -0.05) is 0 Å². The lowest BCUT2D eigenvalue weighted by atomic mass is 10.2. The minimum atomic E-state index is 0.234. The predicted octanol–water partition coefficient (Wildman–Crippen LogP) is 3.48. The van der Waals surface area contributed by atoms with Gasteiger partial charge in [0, 0.05) is 29.2 Å². The Bertz CT molecular complexity index is 542. The van der Waals surface area contributed by atoms with E-state index in [-0.39, 0.29) is 6.04 Å². The summed E-state index contributed by atoms with van der Waals surface area (Å²) in [4.78, 5) is 5.32. The highest BCUT2D eigenvalue weighted by atomic mass is 32.1. The van der Waals surface area contributed by atoms with Crippen molar-refractivity contribution in [1.29, 1.82) is 0 Å². The number of rotatable bonds is 3. The standard InChI is InChI=1S/C14H16N2O2S/c1-10(14-8-15-9-19-14)16-11-3-4-12-13(7-11)18-6-2-5-17-12/h3-4,7-10,16H,2,5-6H2,1H3. The molecule has 4 nitrogen and oxygen atoms in total. The van der Waals surface area contributed by atoms with Gasteiger partial charge in [-0.2, -0.15) is 0 Å². The van der Waals surface area contributed by atoms with Gasteiger partial charge in [-0.25, -0.2) is 0 Å². The number of hydrogen-bond acceptors (Lipinski definition) is 5. The van der Waals surface area contributed by atoms with E-state index >= 15 is 0 Å². The summed E-state index contributed by atoms with van der Waals surface area (Å²) >= 11 is 1.65. The Kier molecular flexibility index (Phi) is 3.55. The Balaban J connectivity index is 1.76. The van der Waals surface area contributed by atoms with Crippen molar-refractivity contribution >= 4 is 17.0 Å². The van der Waals surface area contributed by atoms with Crippen molar-refractivity contribution < 1.29 is 9.47 Å². The molecule has 2 aromatic rings. The van der Waals surface area contributed by atoms with Crippen LogP contribution in [0.15, 0.2) is 29.9 Å². The number of ether oxygens (including phenoxy) is 2. The maximum absolute atomic E-state index is 5.69. The Labute approximate surface area is 116 Å². The SMILES string of the molecule is CC(Nc1ccc2c(c1)OCCCO2)c1cncs1. The topological polar surface area (TPSA) is 43.4 Å². The average Bonchev–Trinajstić information content (AvgIpc) is 2.85. The molecule has 3 rings (SSSR count). The second-order valence-corrected chi connectivity index (χ2v) is 5.40. The highest BCUT2D eigenvalue weighted by Gasteiger charge is 2.12. The summed E-state index contributed by atoms with van der Waals surface area (Å²) in [6, 6.07) is 6.21. The predicted molar refractivity (Wildman–Crippen MR) is 76.2 cm³/mol. The first-order chi connectivity index (χ1) is 9.33. The van der Waals surface area contributed by atoms with E-state index in [0.29, 0.717) is 6.61 Å². The second kappa shape index (κ2) is 5.48. The normalized spacial score (nSPS) is 15.6. The molecule has 1 aromatic carbocycles. The molecule has 1 atom stereocenters. The minimum absolute atomic E-state index is 0.234. The zero-order chi connectivity index (χ0) is 13.1. The summed E-state index contributed by atoms with van der Waals surface area (Å²) in [5, 5.41) is 3.45. The Morgan fingerprint density at radius 2 is 2.11 bits per heavy atom. The molecule has 0 spiro atoms. The van der Waals surface area contributed by atoms with Crippen LogP contribution in [0.4, 0.5) is 5.69 Å². The Hall–Kier alpha value is -1.75. The summed E-state index contributed by atoms with van der Waals surface area (Å²) in [5.74, 6) is 1.65. The molecule has 1 aliphatic rings. The van der Waals surface area contributed by atoms with Gasteiger partial charge in [-0.15, -0.1) is 11.3 Å². The number of nitrogens with zero attached hydrogens (tertiary/aromatic N) is 1. The fraction of sp³-hybridized carbons (Fsp3) is 0.357. The van der Waals surface area contributed by atoms with E-state index in [0.717, 1.165) is 30.2 Å². The third-order valence-electron chi connectivity index (χ3n) is 3.01. The zero-order valence-corrected chi connectivity index (χ0v) is 11.6. The van der Waals surface area contributed by atoms with Gasteiger partial charge < -0.3 is 14.8 Å². The molecule has 1 aliphatic heterocycles. The molecule has 0 radical (unpaired) electrons. The summed E-state index contributed by atoms with van der Waals surface area (Å²) in [6.45, 7) is 3.55. The first kappa shape index (κ1) is 12.3.